The topological polar surface area (TPSA) is 70.4 Å². The molecule has 0 bridgehead atoms. The number of aliphatic hydroxyl groups excluding tert-OH is 1. The zero-order chi connectivity index (χ0) is 11.6. The molecule has 15 heavy (non-hydrogen) atoms. The number of nitrogens with zero attached hydrogens (tertiary/aromatic N) is 1. The lowest BCUT2D eigenvalue weighted by Crippen LogP contribution is -2.20. The van der Waals surface area contributed by atoms with Gasteiger partial charge in [-0.2, -0.15) is 13.2 Å². The number of hydrogen-bond acceptors (Lipinski definition) is 3. The van der Waals surface area contributed by atoms with Crippen LogP contribution in [0.3, 0.4) is 0 Å². The molecule has 0 spiro atoms. The first-order valence-corrected chi connectivity index (χ1v) is 3.75. The van der Waals surface area contributed by atoms with E-state index in [1.54, 1.807) is 0 Å². The van der Waals surface area contributed by atoms with Crippen LogP contribution in [0.4, 0.5) is 13.2 Å². The van der Waals surface area contributed by atoms with Crippen molar-refractivity contribution in [3.63, 3.8) is 0 Å². The van der Waals surface area contributed by atoms with Crippen molar-refractivity contribution < 1.29 is 28.2 Å². The summed E-state index contributed by atoms with van der Waals surface area (Å²) in [5, 5.41) is 17.3. The number of rotatable bonds is 2. The molecule has 0 aromatic carbocycles. The van der Waals surface area contributed by atoms with Crippen molar-refractivity contribution in [3.8, 4) is 0 Å². The summed E-state index contributed by atoms with van der Waals surface area (Å²) in [7, 11) is 0. The molecule has 0 saturated heterocycles. The Morgan fingerprint density at radius 3 is 2.47 bits per heavy atom. The molecular weight excluding hydrogens is 215 g/mol. The van der Waals surface area contributed by atoms with Gasteiger partial charge in [-0.3, -0.25) is 4.98 Å². The maximum Gasteiger partial charge on any atom is 0.418 e. The Labute approximate surface area is 82.0 Å². The van der Waals surface area contributed by atoms with Gasteiger partial charge in [0.25, 0.3) is 0 Å². The molecule has 0 aliphatic rings. The Bertz CT molecular complexity index is 378. The van der Waals surface area contributed by atoms with Crippen molar-refractivity contribution in [2.75, 3.05) is 0 Å². The van der Waals surface area contributed by atoms with E-state index in [9.17, 15) is 18.0 Å². The third-order valence-electron chi connectivity index (χ3n) is 1.63. The van der Waals surface area contributed by atoms with Gasteiger partial charge in [-0.25, -0.2) is 4.79 Å². The molecule has 0 amide bonds. The molecule has 1 aromatic heterocycles. The van der Waals surface area contributed by atoms with Crippen LogP contribution in [0.25, 0.3) is 0 Å². The van der Waals surface area contributed by atoms with Crippen LogP contribution in [-0.4, -0.2) is 27.3 Å². The minimum absolute atomic E-state index is 0.407. The molecule has 0 saturated carbocycles. The summed E-state index contributed by atoms with van der Waals surface area (Å²) in [4.78, 5) is 13.7. The van der Waals surface area contributed by atoms with E-state index in [0.717, 1.165) is 18.5 Å². The van der Waals surface area contributed by atoms with Gasteiger partial charge in [0.2, 0.25) is 0 Å². The van der Waals surface area contributed by atoms with Gasteiger partial charge in [0, 0.05) is 18.0 Å². The molecule has 0 aliphatic heterocycles. The lowest BCUT2D eigenvalue weighted by atomic mass is 10.1. The van der Waals surface area contributed by atoms with Crippen LogP contribution in [0.15, 0.2) is 18.5 Å². The zero-order valence-corrected chi connectivity index (χ0v) is 7.19. The number of aliphatic hydroxyl groups is 1. The van der Waals surface area contributed by atoms with Gasteiger partial charge in [-0.05, 0) is 6.07 Å². The third kappa shape index (κ3) is 2.66. The average Bonchev–Trinajstić information content (AvgIpc) is 2.15. The largest absolute Gasteiger partial charge is 0.478 e. The highest BCUT2D eigenvalue weighted by Gasteiger charge is 2.39. The fourth-order valence-corrected chi connectivity index (χ4v) is 0.913. The molecule has 1 unspecified atom stereocenters. The zero-order valence-electron chi connectivity index (χ0n) is 7.19. The minimum Gasteiger partial charge on any atom is -0.478 e. The standard InChI is InChI=1S/C8H6F3NO3/c9-8(10,11)6(13)4-1-5(7(14)15)3-12-2-4/h1-3,6,13H,(H,14,15). The predicted molar refractivity (Wildman–Crippen MR) is 42.2 cm³/mol. The highest BCUT2D eigenvalue weighted by atomic mass is 19.4. The number of carboxylic acid groups (broad SMARTS) is 1. The quantitative estimate of drug-likeness (QED) is 0.791. The number of halogens is 3. The summed E-state index contributed by atoms with van der Waals surface area (Å²) in [5.74, 6) is -1.40. The lowest BCUT2D eigenvalue weighted by molar-refractivity contribution is -0.206. The van der Waals surface area contributed by atoms with Crippen LogP contribution in [0.5, 0.6) is 0 Å². The number of pyridine rings is 1. The molecule has 0 aliphatic carbocycles. The van der Waals surface area contributed by atoms with Crippen LogP contribution < -0.4 is 0 Å². The van der Waals surface area contributed by atoms with Gasteiger partial charge in [0.1, 0.15) is 0 Å². The first-order chi connectivity index (χ1) is 6.82. The molecule has 0 fully saturated rings. The number of hydrogen-bond donors (Lipinski definition) is 2. The van der Waals surface area contributed by atoms with E-state index in [0.29, 0.717) is 0 Å². The SMILES string of the molecule is O=C(O)c1cncc(C(O)C(F)(F)F)c1. The summed E-state index contributed by atoms with van der Waals surface area (Å²) in [6, 6.07) is 0.730. The number of carboxylic acids is 1. The van der Waals surface area contributed by atoms with E-state index < -0.39 is 29.4 Å². The molecule has 1 heterocycles. The summed E-state index contributed by atoms with van der Waals surface area (Å²) in [6.45, 7) is 0. The molecule has 7 heteroatoms. The summed E-state index contributed by atoms with van der Waals surface area (Å²) in [6.07, 6.45) is -5.89. The van der Waals surface area contributed by atoms with E-state index >= 15 is 0 Å². The molecule has 1 aromatic rings. The first-order valence-electron chi connectivity index (χ1n) is 3.75. The van der Waals surface area contributed by atoms with Crippen LogP contribution in [0.2, 0.25) is 0 Å². The Balaban J connectivity index is 3.06. The van der Waals surface area contributed by atoms with Crippen molar-refractivity contribution in [2.24, 2.45) is 0 Å². The van der Waals surface area contributed by atoms with Crippen molar-refractivity contribution in [2.45, 2.75) is 12.3 Å². The normalized spacial score (nSPS) is 13.6. The second-order valence-corrected chi connectivity index (χ2v) is 2.76. The van der Waals surface area contributed by atoms with E-state index in [1.165, 1.54) is 0 Å². The van der Waals surface area contributed by atoms with Gasteiger partial charge in [-0.1, -0.05) is 0 Å². The molecule has 82 valence electrons. The Morgan fingerprint density at radius 2 is 2.00 bits per heavy atom. The Kier molecular flexibility index (Phi) is 2.94. The van der Waals surface area contributed by atoms with E-state index in [-0.39, 0.29) is 0 Å². The van der Waals surface area contributed by atoms with Gasteiger partial charge < -0.3 is 10.2 Å². The molecule has 4 nitrogen and oxygen atoms in total. The summed E-state index contributed by atoms with van der Waals surface area (Å²) >= 11 is 0. The van der Waals surface area contributed by atoms with Gasteiger partial charge >= 0.3 is 12.1 Å². The number of aromatic nitrogens is 1. The highest BCUT2D eigenvalue weighted by Crippen LogP contribution is 2.32. The van der Waals surface area contributed by atoms with Crippen LogP contribution in [0.1, 0.15) is 22.0 Å². The molecule has 1 atom stereocenters. The molecule has 0 radical (unpaired) electrons. The first kappa shape index (κ1) is 11.4. The summed E-state index contributed by atoms with van der Waals surface area (Å²) < 4.78 is 36.1. The van der Waals surface area contributed by atoms with Crippen LogP contribution in [0, 0.1) is 0 Å². The van der Waals surface area contributed by atoms with Gasteiger partial charge in [0.05, 0.1) is 5.56 Å². The number of aromatic carboxylic acids is 1. The third-order valence-corrected chi connectivity index (χ3v) is 1.63. The molecule has 1 rings (SSSR count). The van der Waals surface area contributed by atoms with Crippen LogP contribution in [-0.2, 0) is 0 Å². The lowest BCUT2D eigenvalue weighted by Gasteiger charge is -2.14. The van der Waals surface area contributed by atoms with E-state index in [2.05, 4.69) is 4.98 Å². The second kappa shape index (κ2) is 3.85. The Hall–Kier alpha value is -1.63. The van der Waals surface area contributed by atoms with E-state index in [4.69, 9.17) is 10.2 Å². The highest BCUT2D eigenvalue weighted by molar-refractivity contribution is 5.87. The van der Waals surface area contributed by atoms with Crippen LogP contribution >= 0.6 is 0 Å². The maximum absolute atomic E-state index is 12.0. The second-order valence-electron chi connectivity index (χ2n) is 2.76. The minimum atomic E-state index is -4.83. The summed E-state index contributed by atoms with van der Waals surface area (Å²) in [5.41, 5.74) is -1.00. The van der Waals surface area contributed by atoms with Gasteiger partial charge in [0.15, 0.2) is 6.10 Å². The number of carbonyl (C=O) groups is 1. The van der Waals surface area contributed by atoms with Crippen molar-refractivity contribution in [1.29, 1.82) is 0 Å². The van der Waals surface area contributed by atoms with Crippen molar-refractivity contribution >= 4 is 5.97 Å². The van der Waals surface area contributed by atoms with Gasteiger partial charge in [-0.15, -0.1) is 0 Å². The maximum atomic E-state index is 12.0. The molecule has 2 N–H and O–H groups in total. The number of alkyl halides is 3. The van der Waals surface area contributed by atoms with E-state index in [1.807, 2.05) is 0 Å². The monoisotopic (exact) mass is 221 g/mol. The average molecular weight is 221 g/mol. The van der Waals surface area contributed by atoms with Crippen molar-refractivity contribution in [3.05, 3.63) is 29.6 Å². The molecular formula is C8H6F3NO3. The van der Waals surface area contributed by atoms with Crippen molar-refractivity contribution in [1.82, 2.24) is 4.98 Å². The fourth-order valence-electron chi connectivity index (χ4n) is 0.913. The Morgan fingerprint density at radius 1 is 1.40 bits per heavy atom. The fraction of sp³-hybridized carbons (Fsp3) is 0.250. The smallest absolute Gasteiger partial charge is 0.418 e. The predicted octanol–water partition coefficient (Wildman–Crippen LogP) is 1.38.